The minimum atomic E-state index is 0.536. The van der Waals surface area contributed by atoms with E-state index in [1.54, 1.807) is 0 Å². The molecule has 0 spiro atoms. The van der Waals surface area contributed by atoms with Crippen molar-refractivity contribution >= 4 is 0 Å². The lowest BCUT2D eigenvalue weighted by Gasteiger charge is -2.09. The zero-order valence-corrected chi connectivity index (χ0v) is 34.0. The highest BCUT2D eigenvalue weighted by Gasteiger charge is 1.99. The van der Waals surface area contributed by atoms with Crippen LogP contribution in [0.5, 0.6) is 5.75 Å². The second kappa shape index (κ2) is 42.5. The van der Waals surface area contributed by atoms with Crippen LogP contribution in [0.2, 0.25) is 0 Å². The molecular weight excluding hydrogens is 656 g/mol. The Morgan fingerprint density at radius 1 is 0.288 bits per heavy atom. The Hall–Kier alpha value is -1.26. The Labute approximate surface area is 320 Å². The van der Waals surface area contributed by atoms with Crippen molar-refractivity contribution < 1.29 is 37.9 Å². The van der Waals surface area contributed by atoms with Crippen LogP contribution in [-0.2, 0) is 39.6 Å². The lowest BCUT2D eigenvalue weighted by Crippen LogP contribution is -2.15. The maximum Gasteiger partial charge on any atom is 0.119 e. The predicted octanol–water partition coefficient (Wildman–Crippen LogP) is 10.6. The van der Waals surface area contributed by atoms with Gasteiger partial charge in [-0.15, -0.1) is 0 Å². The van der Waals surface area contributed by atoms with Crippen molar-refractivity contribution in [2.45, 2.75) is 149 Å². The average molecular weight is 739 g/mol. The molecule has 0 bridgehead atoms. The van der Waals surface area contributed by atoms with Crippen molar-refractivity contribution in [1.29, 1.82) is 0 Å². The maximum absolute atomic E-state index is 5.80. The van der Waals surface area contributed by atoms with E-state index >= 15 is 0 Å². The van der Waals surface area contributed by atoms with Crippen LogP contribution in [0.4, 0.5) is 0 Å². The summed E-state index contributed by atoms with van der Waals surface area (Å²) in [6, 6.07) is 8.49. The van der Waals surface area contributed by atoms with E-state index < -0.39 is 0 Å². The SMILES string of the molecule is CCCCCCCCCCCCCCCOCCOCCOCCOCCOCCOCCOCCOc1ccc(CCCCCCCCC)cc1. The zero-order chi connectivity index (χ0) is 37.1. The molecule has 0 atom stereocenters. The van der Waals surface area contributed by atoms with Gasteiger partial charge in [0.25, 0.3) is 0 Å². The number of rotatable bonds is 44. The minimum Gasteiger partial charge on any atom is -0.491 e. The Morgan fingerprint density at radius 3 is 0.942 bits per heavy atom. The fraction of sp³-hybridized carbons (Fsp3) is 0.864. The number of benzene rings is 1. The molecule has 0 aliphatic heterocycles. The third kappa shape index (κ3) is 37.1. The molecule has 0 heterocycles. The smallest absolute Gasteiger partial charge is 0.119 e. The van der Waals surface area contributed by atoms with Crippen molar-refractivity contribution in [1.82, 2.24) is 0 Å². The van der Waals surface area contributed by atoms with E-state index in [4.69, 9.17) is 37.9 Å². The quantitative estimate of drug-likeness (QED) is 0.0613. The van der Waals surface area contributed by atoms with E-state index in [9.17, 15) is 0 Å². The van der Waals surface area contributed by atoms with E-state index in [0.717, 1.165) is 25.2 Å². The average Bonchev–Trinajstić information content (AvgIpc) is 3.16. The van der Waals surface area contributed by atoms with Gasteiger partial charge in [0.15, 0.2) is 0 Å². The van der Waals surface area contributed by atoms with Crippen LogP contribution in [0.1, 0.15) is 148 Å². The van der Waals surface area contributed by atoms with E-state index in [2.05, 4.69) is 38.1 Å². The van der Waals surface area contributed by atoms with E-state index in [1.165, 1.54) is 128 Å². The number of ether oxygens (including phenoxy) is 8. The molecule has 0 aliphatic rings. The van der Waals surface area contributed by atoms with Gasteiger partial charge >= 0.3 is 0 Å². The van der Waals surface area contributed by atoms with Crippen molar-refractivity contribution in [2.24, 2.45) is 0 Å². The first-order valence-electron chi connectivity index (χ1n) is 21.6. The topological polar surface area (TPSA) is 73.8 Å². The zero-order valence-electron chi connectivity index (χ0n) is 34.0. The van der Waals surface area contributed by atoms with Gasteiger partial charge in [0.05, 0.1) is 85.9 Å². The summed E-state index contributed by atoms with van der Waals surface area (Å²) in [7, 11) is 0. The van der Waals surface area contributed by atoms with Gasteiger partial charge in [-0.3, -0.25) is 0 Å². The number of hydrogen-bond donors (Lipinski definition) is 0. The Morgan fingerprint density at radius 2 is 0.577 bits per heavy atom. The number of hydrogen-bond acceptors (Lipinski definition) is 8. The Kier molecular flexibility index (Phi) is 39.8. The summed E-state index contributed by atoms with van der Waals surface area (Å²) in [6.45, 7) is 13.3. The van der Waals surface area contributed by atoms with Gasteiger partial charge in [-0.05, 0) is 37.0 Å². The monoisotopic (exact) mass is 739 g/mol. The van der Waals surface area contributed by atoms with Crippen LogP contribution in [-0.4, -0.2) is 99.1 Å². The first kappa shape index (κ1) is 48.8. The van der Waals surface area contributed by atoms with Crippen molar-refractivity contribution in [3.8, 4) is 5.75 Å². The molecule has 8 heteroatoms. The van der Waals surface area contributed by atoms with Gasteiger partial charge < -0.3 is 37.9 Å². The molecule has 0 saturated heterocycles. The van der Waals surface area contributed by atoms with Crippen LogP contribution in [0.25, 0.3) is 0 Å². The summed E-state index contributed by atoms with van der Waals surface area (Å²) < 4.78 is 44.9. The summed E-state index contributed by atoms with van der Waals surface area (Å²) in [6.07, 6.45) is 28.4. The molecule has 0 aliphatic carbocycles. The summed E-state index contributed by atoms with van der Waals surface area (Å²) in [4.78, 5) is 0. The first-order valence-corrected chi connectivity index (χ1v) is 21.6. The highest BCUT2D eigenvalue weighted by molar-refractivity contribution is 5.27. The highest BCUT2D eigenvalue weighted by Crippen LogP contribution is 2.16. The Balaban J connectivity index is 1.68. The first-order chi connectivity index (χ1) is 25.9. The molecule has 0 saturated carbocycles. The fourth-order valence-electron chi connectivity index (χ4n) is 5.90. The second-order valence-corrected chi connectivity index (χ2v) is 13.9. The molecule has 1 aromatic carbocycles. The van der Waals surface area contributed by atoms with Gasteiger partial charge in [-0.1, -0.05) is 142 Å². The van der Waals surface area contributed by atoms with Gasteiger partial charge in [0.2, 0.25) is 0 Å². The standard InChI is InChI=1S/C44H82O8/c1-3-5-7-9-11-12-13-14-15-16-18-20-22-28-45-29-30-46-31-32-47-33-34-48-35-36-49-37-38-50-39-40-51-41-42-52-44-26-24-43(25-27-44)23-21-19-17-10-8-6-4-2/h24-27H,3-23,28-42H2,1-2H3. The molecule has 1 rings (SSSR count). The van der Waals surface area contributed by atoms with Crippen LogP contribution in [0.15, 0.2) is 24.3 Å². The molecule has 0 N–H and O–H groups in total. The molecule has 0 radical (unpaired) electrons. The van der Waals surface area contributed by atoms with E-state index in [1.807, 2.05) is 0 Å². The summed E-state index contributed by atoms with van der Waals surface area (Å²) >= 11 is 0. The summed E-state index contributed by atoms with van der Waals surface area (Å²) in [5.74, 6) is 0.897. The van der Waals surface area contributed by atoms with Gasteiger partial charge in [-0.25, -0.2) is 0 Å². The second-order valence-electron chi connectivity index (χ2n) is 13.9. The number of unbranched alkanes of at least 4 members (excludes halogenated alkanes) is 18. The van der Waals surface area contributed by atoms with Crippen molar-refractivity contribution in [2.75, 3.05) is 99.1 Å². The lowest BCUT2D eigenvalue weighted by atomic mass is 10.0. The predicted molar refractivity (Wildman–Crippen MR) is 215 cm³/mol. The number of aryl methyl sites for hydroxylation is 1. The normalized spacial score (nSPS) is 11.5. The van der Waals surface area contributed by atoms with Crippen LogP contribution in [0, 0.1) is 0 Å². The van der Waals surface area contributed by atoms with Crippen molar-refractivity contribution in [3.05, 3.63) is 29.8 Å². The largest absolute Gasteiger partial charge is 0.491 e. The lowest BCUT2D eigenvalue weighted by molar-refractivity contribution is -0.0213. The molecule has 306 valence electrons. The highest BCUT2D eigenvalue weighted by atomic mass is 16.6. The molecular formula is C44H82O8. The third-order valence-electron chi connectivity index (χ3n) is 9.11. The molecule has 0 fully saturated rings. The van der Waals surface area contributed by atoms with Crippen molar-refractivity contribution in [3.63, 3.8) is 0 Å². The van der Waals surface area contributed by atoms with E-state index in [-0.39, 0.29) is 0 Å². The molecule has 8 nitrogen and oxygen atoms in total. The Bertz CT molecular complexity index is 793. The summed E-state index contributed by atoms with van der Waals surface area (Å²) in [5.41, 5.74) is 1.39. The van der Waals surface area contributed by atoms with Crippen LogP contribution < -0.4 is 4.74 Å². The molecule has 1 aromatic rings. The fourth-order valence-corrected chi connectivity index (χ4v) is 5.90. The third-order valence-corrected chi connectivity index (χ3v) is 9.11. The molecule has 0 aromatic heterocycles. The molecule has 0 unspecified atom stereocenters. The maximum atomic E-state index is 5.80. The van der Waals surface area contributed by atoms with Gasteiger partial charge in [-0.2, -0.15) is 0 Å². The van der Waals surface area contributed by atoms with Gasteiger partial charge in [0, 0.05) is 6.61 Å². The molecule has 0 amide bonds. The summed E-state index contributed by atoms with van der Waals surface area (Å²) in [5, 5.41) is 0. The minimum absolute atomic E-state index is 0.536. The van der Waals surface area contributed by atoms with Crippen LogP contribution >= 0.6 is 0 Å². The van der Waals surface area contributed by atoms with E-state index in [0.29, 0.717) is 92.5 Å². The van der Waals surface area contributed by atoms with Gasteiger partial charge in [0.1, 0.15) is 12.4 Å². The van der Waals surface area contributed by atoms with Crippen LogP contribution in [0.3, 0.4) is 0 Å². The molecule has 52 heavy (non-hydrogen) atoms.